The van der Waals surface area contributed by atoms with Crippen LogP contribution in [0, 0.1) is 6.92 Å². The molecule has 0 spiro atoms. The van der Waals surface area contributed by atoms with Crippen LogP contribution in [0.15, 0.2) is 34.7 Å². The second kappa shape index (κ2) is 5.81. The molecule has 6 heteroatoms. The van der Waals surface area contributed by atoms with Gasteiger partial charge in [0.25, 0.3) is 0 Å². The largest absolute Gasteiger partial charge is 0.464 e. The molecule has 1 aromatic carbocycles. The number of nitrogens with two attached hydrogens (primary N) is 1. The van der Waals surface area contributed by atoms with Gasteiger partial charge in [-0.05, 0) is 42.8 Å². The normalized spacial score (nSPS) is 11.7. The van der Waals surface area contributed by atoms with Gasteiger partial charge in [0.2, 0.25) is 0 Å². The van der Waals surface area contributed by atoms with Crippen LogP contribution in [-0.2, 0) is 19.3 Å². The SMILES string of the molecule is Cc1ccc(CN(C)c2ccc(C(F)(F)F)c(CN)c2)o1. The predicted molar refractivity (Wildman–Crippen MR) is 74.9 cm³/mol. The van der Waals surface area contributed by atoms with Gasteiger partial charge in [-0.25, -0.2) is 0 Å². The molecule has 0 aliphatic rings. The first-order valence-electron chi connectivity index (χ1n) is 6.48. The highest BCUT2D eigenvalue weighted by Crippen LogP contribution is 2.34. The average Bonchev–Trinajstić information content (AvgIpc) is 2.82. The smallest absolute Gasteiger partial charge is 0.416 e. The Bertz CT molecular complexity index is 620. The molecule has 1 heterocycles. The number of rotatable bonds is 4. The summed E-state index contributed by atoms with van der Waals surface area (Å²) >= 11 is 0. The zero-order valence-electron chi connectivity index (χ0n) is 11.9. The molecule has 2 aromatic rings. The first kappa shape index (κ1) is 15.4. The summed E-state index contributed by atoms with van der Waals surface area (Å²) in [5.74, 6) is 1.55. The van der Waals surface area contributed by atoms with E-state index in [9.17, 15) is 13.2 Å². The maximum Gasteiger partial charge on any atom is 0.416 e. The maximum atomic E-state index is 12.8. The first-order valence-corrected chi connectivity index (χ1v) is 6.48. The van der Waals surface area contributed by atoms with Crippen molar-refractivity contribution in [3.63, 3.8) is 0 Å². The van der Waals surface area contributed by atoms with Crippen LogP contribution < -0.4 is 10.6 Å². The van der Waals surface area contributed by atoms with E-state index in [-0.39, 0.29) is 12.1 Å². The summed E-state index contributed by atoms with van der Waals surface area (Å²) in [4.78, 5) is 1.82. The van der Waals surface area contributed by atoms with Crippen LogP contribution in [0.5, 0.6) is 0 Å². The zero-order valence-corrected chi connectivity index (χ0v) is 11.9. The van der Waals surface area contributed by atoms with E-state index >= 15 is 0 Å². The summed E-state index contributed by atoms with van der Waals surface area (Å²) in [7, 11) is 1.79. The number of furan rings is 1. The standard InChI is InChI=1S/C15H17F3N2O/c1-10-3-5-13(21-10)9-20(2)12-4-6-14(15(16,17)18)11(7-12)8-19/h3-7H,8-9,19H2,1-2H3. The summed E-state index contributed by atoms with van der Waals surface area (Å²) < 4.78 is 44.0. The van der Waals surface area contributed by atoms with Crippen molar-refractivity contribution in [3.05, 3.63) is 53.0 Å². The molecule has 3 nitrogen and oxygen atoms in total. The quantitative estimate of drug-likeness (QED) is 0.936. The van der Waals surface area contributed by atoms with Crippen LogP contribution in [0.1, 0.15) is 22.6 Å². The fourth-order valence-electron chi connectivity index (χ4n) is 2.16. The lowest BCUT2D eigenvalue weighted by Crippen LogP contribution is -2.18. The average molecular weight is 298 g/mol. The van der Waals surface area contributed by atoms with Crippen LogP contribution in [0.25, 0.3) is 0 Å². The molecule has 0 radical (unpaired) electrons. The molecular weight excluding hydrogens is 281 g/mol. The van der Waals surface area contributed by atoms with Gasteiger partial charge in [0.1, 0.15) is 11.5 Å². The highest BCUT2D eigenvalue weighted by molar-refractivity contribution is 5.51. The second-order valence-electron chi connectivity index (χ2n) is 4.91. The highest BCUT2D eigenvalue weighted by Gasteiger charge is 2.33. The van der Waals surface area contributed by atoms with Crippen molar-refractivity contribution >= 4 is 5.69 Å². The molecule has 0 atom stereocenters. The van der Waals surface area contributed by atoms with Crippen molar-refractivity contribution in [2.45, 2.75) is 26.2 Å². The first-order chi connectivity index (χ1) is 9.81. The molecule has 0 saturated heterocycles. The van der Waals surface area contributed by atoms with Crippen LogP contribution >= 0.6 is 0 Å². The van der Waals surface area contributed by atoms with E-state index in [1.807, 2.05) is 24.0 Å². The van der Waals surface area contributed by atoms with E-state index in [0.29, 0.717) is 12.2 Å². The fourth-order valence-corrected chi connectivity index (χ4v) is 2.16. The lowest BCUT2D eigenvalue weighted by Gasteiger charge is -2.20. The van der Waals surface area contributed by atoms with Gasteiger partial charge in [-0.2, -0.15) is 13.2 Å². The minimum absolute atomic E-state index is 0.0856. The molecule has 0 aliphatic carbocycles. The summed E-state index contributed by atoms with van der Waals surface area (Å²) in [5, 5.41) is 0. The van der Waals surface area contributed by atoms with Gasteiger partial charge in [-0.3, -0.25) is 0 Å². The molecule has 21 heavy (non-hydrogen) atoms. The van der Waals surface area contributed by atoms with Gasteiger partial charge >= 0.3 is 6.18 Å². The van der Waals surface area contributed by atoms with Gasteiger partial charge in [0, 0.05) is 19.3 Å². The summed E-state index contributed by atoms with van der Waals surface area (Å²) in [6.45, 7) is 2.16. The van der Waals surface area contributed by atoms with E-state index in [1.54, 1.807) is 7.05 Å². The predicted octanol–water partition coefficient (Wildman–Crippen LogP) is 3.70. The van der Waals surface area contributed by atoms with Crippen molar-refractivity contribution < 1.29 is 17.6 Å². The Labute approximate surface area is 121 Å². The van der Waals surface area contributed by atoms with E-state index in [2.05, 4.69) is 0 Å². The van der Waals surface area contributed by atoms with Crippen molar-refractivity contribution in [2.24, 2.45) is 5.73 Å². The van der Waals surface area contributed by atoms with Crippen LogP contribution in [0.3, 0.4) is 0 Å². The molecule has 114 valence electrons. The molecule has 0 aliphatic heterocycles. The molecule has 0 saturated carbocycles. The van der Waals surface area contributed by atoms with E-state index in [4.69, 9.17) is 10.2 Å². The van der Waals surface area contributed by atoms with Gasteiger partial charge < -0.3 is 15.1 Å². The highest BCUT2D eigenvalue weighted by atomic mass is 19.4. The van der Waals surface area contributed by atoms with E-state index in [0.717, 1.165) is 17.6 Å². The molecule has 1 aromatic heterocycles. The number of anilines is 1. The molecule has 0 unspecified atom stereocenters. The Morgan fingerprint density at radius 2 is 1.90 bits per heavy atom. The number of alkyl halides is 3. The number of aryl methyl sites for hydroxylation is 1. The van der Waals surface area contributed by atoms with Crippen LogP contribution in [-0.4, -0.2) is 7.05 Å². The van der Waals surface area contributed by atoms with Crippen molar-refractivity contribution in [1.29, 1.82) is 0 Å². The molecule has 0 bridgehead atoms. The molecule has 0 fully saturated rings. The van der Waals surface area contributed by atoms with E-state index < -0.39 is 11.7 Å². The van der Waals surface area contributed by atoms with Crippen molar-refractivity contribution in [2.75, 3.05) is 11.9 Å². The lowest BCUT2D eigenvalue weighted by molar-refractivity contribution is -0.138. The molecular formula is C15H17F3N2O. The number of halogens is 3. The third-order valence-electron chi connectivity index (χ3n) is 3.24. The molecule has 2 N–H and O–H groups in total. The topological polar surface area (TPSA) is 42.4 Å². The second-order valence-corrected chi connectivity index (χ2v) is 4.91. The number of hydrogen-bond acceptors (Lipinski definition) is 3. The Balaban J connectivity index is 2.24. The lowest BCUT2D eigenvalue weighted by atomic mass is 10.1. The van der Waals surface area contributed by atoms with E-state index in [1.165, 1.54) is 12.1 Å². The van der Waals surface area contributed by atoms with Gasteiger partial charge in [-0.15, -0.1) is 0 Å². The Morgan fingerprint density at radius 1 is 1.19 bits per heavy atom. The van der Waals surface area contributed by atoms with Crippen molar-refractivity contribution in [3.8, 4) is 0 Å². The summed E-state index contributed by atoms with van der Waals surface area (Å²) in [6.07, 6.45) is -4.38. The summed E-state index contributed by atoms with van der Waals surface area (Å²) in [5.41, 5.74) is 5.50. The number of nitrogens with zero attached hydrogens (tertiary/aromatic N) is 1. The zero-order chi connectivity index (χ0) is 15.6. The van der Waals surface area contributed by atoms with Gasteiger partial charge in [-0.1, -0.05) is 0 Å². The monoisotopic (exact) mass is 298 g/mol. The minimum atomic E-state index is -4.38. The number of benzene rings is 1. The third kappa shape index (κ3) is 3.58. The Hall–Kier alpha value is -1.95. The number of hydrogen-bond donors (Lipinski definition) is 1. The van der Waals surface area contributed by atoms with Crippen LogP contribution in [0.2, 0.25) is 0 Å². The molecule has 0 amide bonds. The maximum absolute atomic E-state index is 12.8. The molecule has 2 rings (SSSR count). The van der Waals surface area contributed by atoms with Crippen LogP contribution in [0.4, 0.5) is 18.9 Å². The van der Waals surface area contributed by atoms with Crippen molar-refractivity contribution in [1.82, 2.24) is 0 Å². The summed E-state index contributed by atoms with van der Waals surface area (Å²) in [6, 6.07) is 7.68. The minimum Gasteiger partial charge on any atom is -0.464 e. The van der Waals surface area contributed by atoms with Gasteiger partial charge in [0.05, 0.1) is 12.1 Å². The Morgan fingerprint density at radius 3 is 2.43 bits per heavy atom. The third-order valence-corrected chi connectivity index (χ3v) is 3.24. The Kier molecular flexibility index (Phi) is 4.27. The van der Waals surface area contributed by atoms with Gasteiger partial charge in [0.15, 0.2) is 0 Å². The fraction of sp³-hybridized carbons (Fsp3) is 0.333.